The topological polar surface area (TPSA) is 111 Å². The maximum absolute atomic E-state index is 11.0. The minimum atomic E-state index is -0.568. The van der Waals surface area contributed by atoms with Gasteiger partial charge in [-0.1, -0.05) is 13.8 Å². The van der Waals surface area contributed by atoms with E-state index in [0.29, 0.717) is 30.1 Å². The van der Waals surface area contributed by atoms with Crippen LogP contribution in [-0.2, 0) is 0 Å². The first-order valence-corrected chi connectivity index (χ1v) is 7.92. The van der Waals surface area contributed by atoms with Crippen LogP contribution in [0.4, 0.5) is 11.6 Å². The van der Waals surface area contributed by atoms with Crippen LogP contribution in [0.2, 0.25) is 0 Å². The second-order valence-electron chi connectivity index (χ2n) is 5.61. The van der Waals surface area contributed by atoms with Gasteiger partial charge in [-0.2, -0.15) is 0 Å². The van der Waals surface area contributed by atoms with Crippen LogP contribution >= 0.6 is 0 Å². The summed E-state index contributed by atoms with van der Waals surface area (Å²) in [5.74, 6) is 1.04. The summed E-state index contributed by atoms with van der Waals surface area (Å²) >= 11 is 0. The van der Waals surface area contributed by atoms with Crippen molar-refractivity contribution in [2.75, 3.05) is 25.6 Å². The number of nitrogens with two attached hydrogens (primary N) is 1. The predicted molar refractivity (Wildman–Crippen MR) is 95.5 cm³/mol. The number of amides is 1. The molecule has 0 saturated heterocycles. The molecule has 0 saturated carbocycles. The van der Waals surface area contributed by atoms with Gasteiger partial charge in [0.25, 0.3) is 5.91 Å². The zero-order chi connectivity index (χ0) is 18.2. The lowest BCUT2D eigenvalue weighted by Gasteiger charge is -2.14. The molecule has 2 aromatic rings. The highest BCUT2D eigenvalue weighted by molar-refractivity contribution is 5.92. The summed E-state index contributed by atoms with van der Waals surface area (Å²) in [7, 11) is 1.58. The Kier molecular flexibility index (Phi) is 6.53. The van der Waals surface area contributed by atoms with Gasteiger partial charge in [-0.3, -0.25) is 4.79 Å². The Morgan fingerprint density at radius 1 is 1.24 bits per heavy atom. The van der Waals surface area contributed by atoms with E-state index in [1.54, 1.807) is 13.2 Å². The van der Waals surface area contributed by atoms with Crippen molar-refractivity contribution in [3.8, 4) is 11.5 Å². The minimum absolute atomic E-state index is 0.252. The van der Waals surface area contributed by atoms with Crippen LogP contribution < -0.4 is 25.8 Å². The van der Waals surface area contributed by atoms with Crippen molar-refractivity contribution in [1.82, 2.24) is 15.3 Å². The molecule has 0 aliphatic rings. The molecule has 8 heteroatoms. The highest BCUT2D eigenvalue weighted by atomic mass is 16.5. The Hall–Kier alpha value is -2.87. The Morgan fingerprint density at radius 2 is 1.96 bits per heavy atom. The van der Waals surface area contributed by atoms with Crippen LogP contribution in [0, 0.1) is 0 Å². The summed E-state index contributed by atoms with van der Waals surface area (Å²) < 4.78 is 11.1. The van der Waals surface area contributed by atoms with E-state index in [-0.39, 0.29) is 5.56 Å². The first kappa shape index (κ1) is 18.5. The fourth-order valence-corrected chi connectivity index (χ4v) is 2.02. The number of carbonyl (C=O) groups is 1. The third kappa shape index (κ3) is 5.61. The number of carbonyl (C=O) groups excluding carboxylic acids is 1. The van der Waals surface area contributed by atoms with E-state index in [9.17, 15) is 4.79 Å². The molecule has 1 aromatic heterocycles. The highest BCUT2D eigenvalue weighted by Crippen LogP contribution is 2.30. The summed E-state index contributed by atoms with van der Waals surface area (Å²) in [4.78, 5) is 19.1. The predicted octanol–water partition coefficient (Wildman–Crippen LogP) is 1.70. The van der Waals surface area contributed by atoms with Crippen molar-refractivity contribution >= 4 is 17.5 Å². The van der Waals surface area contributed by atoms with Crippen LogP contribution in [-0.4, -0.2) is 42.2 Å². The highest BCUT2D eigenvalue weighted by Gasteiger charge is 2.08. The van der Waals surface area contributed by atoms with Gasteiger partial charge in [0.1, 0.15) is 6.61 Å². The lowest BCUT2D eigenvalue weighted by molar-refractivity contribution is 0.0999. The summed E-state index contributed by atoms with van der Waals surface area (Å²) in [5, 5.41) is 6.31. The van der Waals surface area contributed by atoms with Crippen LogP contribution in [0.1, 0.15) is 24.2 Å². The van der Waals surface area contributed by atoms with E-state index in [4.69, 9.17) is 15.2 Å². The zero-order valence-corrected chi connectivity index (χ0v) is 14.6. The first-order valence-electron chi connectivity index (χ1n) is 7.92. The van der Waals surface area contributed by atoms with Crippen molar-refractivity contribution in [2.24, 2.45) is 5.73 Å². The van der Waals surface area contributed by atoms with Gasteiger partial charge in [0, 0.05) is 36.7 Å². The van der Waals surface area contributed by atoms with Crippen molar-refractivity contribution in [3.05, 3.63) is 36.2 Å². The molecular formula is C17H23N5O3. The van der Waals surface area contributed by atoms with Gasteiger partial charge in [-0.25, -0.2) is 9.97 Å². The van der Waals surface area contributed by atoms with Gasteiger partial charge in [0.05, 0.1) is 12.7 Å². The molecule has 1 heterocycles. The normalized spacial score (nSPS) is 10.6. The minimum Gasteiger partial charge on any atom is -0.493 e. The summed E-state index contributed by atoms with van der Waals surface area (Å²) in [6, 6.07) is 5.85. The number of aromatic nitrogens is 2. The van der Waals surface area contributed by atoms with E-state index in [0.717, 1.165) is 12.2 Å². The van der Waals surface area contributed by atoms with Crippen LogP contribution in [0.5, 0.6) is 11.5 Å². The number of hydrogen-bond donors (Lipinski definition) is 3. The number of hydrogen-bond acceptors (Lipinski definition) is 7. The molecule has 134 valence electrons. The molecule has 4 N–H and O–H groups in total. The molecule has 0 fully saturated rings. The van der Waals surface area contributed by atoms with Crippen LogP contribution in [0.3, 0.4) is 0 Å². The molecule has 0 unspecified atom stereocenters. The summed E-state index contributed by atoms with van der Waals surface area (Å²) in [5.41, 5.74) is 6.15. The lowest BCUT2D eigenvalue weighted by Crippen LogP contribution is -2.27. The molecule has 25 heavy (non-hydrogen) atoms. The number of primary amides is 1. The van der Waals surface area contributed by atoms with Gasteiger partial charge in [-0.15, -0.1) is 0 Å². The average Bonchev–Trinajstić information content (AvgIpc) is 2.59. The molecule has 0 aliphatic carbocycles. The average molecular weight is 345 g/mol. The first-order chi connectivity index (χ1) is 12.0. The Labute approximate surface area is 146 Å². The maximum atomic E-state index is 11.0. The second-order valence-corrected chi connectivity index (χ2v) is 5.61. The third-order valence-electron chi connectivity index (χ3n) is 3.27. The number of benzene rings is 1. The fraction of sp³-hybridized carbons (Fsp3) is 0.353. The smallest absolute Gasteiger partial charge is 0.251 e. The SMILES string of the molecule is COc1cc(Nc2ncc(C(N)=O)cn2)ccc1OCCNC(C)C. The van der Waals surface area contributed by atoms with E-state index in [1.807, 2.05) is 12.1 Å². The summed E-state index contributed by atoms with van der Waals surface area (Å²) in [6.07, 6.45) is 2.74. The van der Waals surface area contributed by atoms with E-state index in [2.05, 4.69) is 34.4 Å². The molecule has 0 atom stereocenters. The molecule has 1 amide bonds. The standard InChI is InChI=1S/C17H23N5O3/c1-11(2)19-6-7-25-14-5-4-13(8-15(14)24-3)22-17-20-9-12(10-21-17)16(18)23/h4-5,8-11,19H,6-7H2,1-3H3,(H2,18,23)(H,20,21,22). The quantitative estimate of drug-likeness (QED) is 0.593. The monoisotopic (exact) mass is 345 g/mol. The number of nitrogens with one attached hydrogen (secondary N) is 2. The van der Waals surface area contributed by atoms with Crippen molar-refractivity contribution < 1.29 is 14.3 Å². The van der Waals surface area contributed by atoms with Gasteiger partial charge >= 0.3 is 0 Å². The second kappa shape index (κ2) is 8.84. The Bertz CT molecular complexity index is 704. The van der Waals surface area contributed by atoms with Crippen LogP contribution in [0.25, 0.3) is 0 Å². The van der Waals surface area contributed by atoms with Gasteiger partial charge in [0.2, 0.25) is 5.95 Å². The number of anilines is 2. The molecule has 0 bridgehead atoms. The molecular weight excluding hydrogens is 322 g/mol. The fourth-order valence-electron chi connectivity index (χ4n) is 2.02. The van der Waals surface area contributed by atoms with E-state index >= 15 is 0 Å². The number of methoxy groups -OCH3 is 1. The van der Waals surface area contributed by atoms with Gasteiger partial charge in [0.15, 0.2) is 11.5 Å². The summed E-state index contributed by atoms with van der Waals surface area (Å²) in [6.45, 7) is 5.46. The molecule has 0 radical (unpaired) electrons. The number of nitrogens with zero attached hydrogens (tertiary/aromatic N) is 2. The van der Waals surface area contributed by atoms with E-state index in [1.165, 1.54) is 12.4 Å². The molecule has 2 rings (SSSR count). The van der Waals surface area contributed by atoms with Crippen molar-refractivity contribution in [1.29, 1.82) is 0 Å². The molecule has 0 aliphatic heterocycles. The lowest BCUT2D eigenvalue weighted by atomic mass is 10.2. The van der Waals surface area contributed by atoms with Crippen molar-refractivity contribution in [2.45, 2.75) is 19.9 Å². The Morgan fingerprint density at radius 3 is 2.56 bits per heavy atom. The van der Waals surface area contributed by atoms with Gasteiger partial charge < -0.3 is 25.8 Å². The molecule has 8 nitrogen and oxygen atoms in total. The molecule has 1 aromatic carbocycles. The van der Waals surface area contributed by atoms with E-state index < -0.39 is 5.91 Å². The third-order valence-corrected chi connectivity index (χ3v) is 3.27. The number of ether oxygens (including phenoxy) is 2. The molecule has 0 spiro atoms. The number of rotatable bonds is 9. The Balaban J connectivity index is 2.01. The van der Waals surface area contributed by atoms with Crippen LogP contribution in [0.15, 0.2) is 30.6 Å². The van der Waals surface area contributed by atoms with Crippen molar-refractivity contribution in [3.63, 3.8) is 0 Å². The van der Waals surface area contributed by atoms with Gasteiger partial charge in [-0.05, 0) is 12.1 Å². The maximum Gasteiger partial charge on any atom is 0.251 e. The zero-order valence-electron chi connectivity index (χ0n) is 14.6. The largest absolute Gasteiger partial charge is 0.493 e.